The van der Waals surface area contributed by atoms with Gasteiger partial charge in [-0.05, 0) is 29.2 Å². The topological polar surface area (TPSA) is 12.4 Å². The predicted molar refractivity (Wildman–Crippen MR) is 83.0 cm³/mol. The van der Waals surface area contributed by atoms with E-state index in [0.717, 1.165) is 5.69 Å². The van der Waals surface area contributed by atoms with Crippen LogP contribution in [0.2, 0.25) is 0 Å². The summed E-state index contributed by atoms with van der Waals surface area (Å²) in [5, 5.41) is 0. The maximum Gasteiger partial charge on any atom is 0.0708 e. The first-order chi connectivity index (χ1) is 9.24. The minimum Gasteiger partial charge on any atom is -0.256 e. The standard InChI is InChI=1S/C18H17N/c1-13(2)15-9-7-14(8-10-15)11-16-12-19-18-6-4-3-5-17(16)18/h3-13H,1-2H3/b16-11+. The molecule has 2 aromatic carbocycles. The Morgan fingerprint density at radius 1 is 0.947 bits per heavy atom. The number of aliphatic imine (C=N–C) groups is 1. The lowest BCUT2D eigenvalue weighted by Crippen LogP contribution is -1.86. The molecule has 0 amide bonds. The third-order valence-electron chi connectivity index (χ3n) is 3.48. The summed E-state index contributed by atoms with van der Waals surface area (Å²) < 4.78 is 0. The van der Waals surface area contributed by atoms with Crippen LogP contribution in [0.25, 0.3) is 11.6 Å². The molecule has 0 N–H and O–H groups in total. The van der Waals surface area contributed by atoms with E-state index in [1.165, 1.54) is 22.3 Å². The number of para-hydroxylation sites is 1. The maximum absolute atomic E-state index is 4.43. The summed E-state index contributed by atoms with van der Waals surface area (Å²) in [4.78, 5) is 4.43. The molecule has 94 valence electrons. The van der Waals surface area contributed by atoms with E-state index in [2.05, 4.69) is 67.4 Å². The summed E-state index contributed by atoms with van der Waals surface area (Å²) in [5.41, 5.74) is 6.07. The van der Waals surface area contributed by atoms with Gasteiger partial charge in [0.25, 0.3) is 0 Å². The molecule has 0 fully saturated rings. The molecule has 0 radical (unpaired) electrons. The number of hydrogen-bond acceptors (Lipinski definition) is 1. The van der Waals surface area contributed by atoms with Crippen molar-refractivity contribution in [2.75, 3.05) is 0 Å². The minimum atomic E-state index is 0.579. The van der Waals surface area contributed by atoms with E-state index in [1.807, 2.05) is 12.3 Å². The van der Waals surface area contributed by atoms with Crippen LogP contribution in [-0.4, -0.2) is 6.21 Å². The Bertz CT molecular complexity index is 646. The fourth-order valence-corrected chi connectivity index (χ4v) is 2.31. The molecule has 1 aliphatic rings. The number of fused-ring (bicyclic) bond motifs is 1. The van der Waals surface area contributed by atoms with Crippen molar-refractivity contribution in [3.05, 3.63) is 65.2 Å². The number of hydrogen-bond donors (Lipinski definition) is 0. The van der Waals surface area contributed by atoms with Gasteiger partial charge in [0, 0.05) is 17.4 Å². The van der Waals surface area contributed by atoms with Gasteiger partial charge in [-0.1, -0.05) is 56.3 Å². The number of rotatable bonds is 2. The average Bonchev–Trinajstić information content (AvgIpc) is 2.83. The molecule has 1 nitrogen and oxygen atoms in total. The van der Waals surface area contributed by atoms with Crippen molar-refractivity contribution in [2.45, 2.75) is 19.8 Å². The minimum absolute atomic E-state index is 0.579. The Kier molecular flexibility index (Phi) is 3.04. The number of benzene rings is 2. The summed E-state index contributed by atoms with van der Waals surface area (Å²) in [5.74, 6) is 0.579. The summed E-state index contributed by atoms with van der Waals surface area (Å²) >= 11 is 0. The van der Waals surface area contributed by atoms with Gasteiger partial charge in [0.1, 0.15) is 0 Å². The molecular formula is C18H17N. The highest BCUT2D eigenvalue weighted by atomic mass is 14.7. The monoisotopic (exact) mass is 247 g/mol. The largest absolute Gasteiger partial charge is 0.256 e. The van der Waals surface area contributed by atoms with Crippen molar-refractivity contribution in [3.63, 3.8) is 0 Å². The van der Waals surface area contributed by atoms with Crippen LogP contribution < -0.4 is 0 Å². The Morgan fingerprint density at radius 2 is 1.68 bits per heavy atom. The maximum atomic E-state index is 4.43. The van der Waals surface area contributed by atoms with Crippen molar-refractivity contribution in [3.8, 4) is 0 Å². The van der Waals surface area contributed by atoms with Gasteiger partial charge < -0.3 is 0 Å². The highest BCUT2D eigenvalue weighted by Crippen LogP contribution is 2.32. The van der Waals surface area contributed by atoms with Gasteiger partial charge in [-0.15, -0.1) is 0 Å². The van der Waals surface area contributed by atoms with Crippen molar-refractivity contribution in [1.82, 2.24) is 0 Å². The highest BCUT2D eigenvalue weighted by molar-refractivity contribution is 6.21. The fourth-order valence-electron chi connectivity index (χ4n) is 2.31. The van der Waals surface area contributed by atoms with Gasteiger partial charge in [-0.25, -0.2) is 0 Å². The third-order valence-corrected chi connectivity index (χ3v) is 3.48. The second-order valence-electron chi connectivity index (χ2n) is 5.20. The van der Waals surface area contributed by atoms with Crippen molar-refractivity contribution < 1.29 is 0 Å². The van der Waals surface area contributed by atoms with Crippen molar-refractivity contribution in [2.24, 2.45) is 4.99 Å². The molecule has 0 unspecified atom stereocenters. The van der Waals surface area contributed by atoms with E-state index in [9.17, 15) is 0 Å². The van der Waals surface area contributed by atoms with Crippen LogP contribution in [0, 0.1) is 0 Å². The zero-order valence-electron chi connectivity index (χ0n) is 11.3. The SMILES string of the molecule is CC(C)c1ccc(/C=C2\C=Nc3ccccc32)cc1. The van der Waals surface area contributed by atoms with Crippen LogP contribution in [0.1, 0.15) is 36.5 Å². The van der Waals surface area contributed by atoms with Gasteiger partial charge >= 0.3 is 0 Å². The van der Waals surface area contributed by atoms with Crippen molar-refractivity contribution in [1.29, 1.82) is 0 Å². The third kappa shape index (κ3) is 2.37. The molecule has 3 rings (SSSR count). The second kappa shape index (κ2) is 4.85. The lowest BCUT2D eigenvalue weighted by molar-refractivity contribution is 0.866. The highest BCUT2D eigenvalue weighted by Gasteiger charge is 2.10. The Morgan fingerprint density at radius 3 is 2.42 bits per heavy atom. The summed E-state index contributed by atoms with van der Waals surface area (Å²) in [6.45, 7) is 4.43. The second-order valence-corrected chi connectivity index (χ2v) is 5.20. The molecule has 0 atom stereocenters. The molecule has 1 heteroatoms. The predicted octanol–water partition coefficient (Wildman–Crippen LogP) is 5.07. The van der Waals surface area contributed by atoms with E-state index in [1.54, 1.807) is 0 Å². The fraction of sp³-hybridized carbons (Fsp3) is 0.167. The van der Waals surface area contributed by atoms with Crippen LogP contribution in [-0.2, 0) is 0 Å². The van der Waals surface area contributed by atoms with Crippen LogP contribution in [0.5, 0.6) is 0 Å². The van der Waals surface area contributed by atoms with Crippen LogP contribution in [0.3, 0.4) is 0 Å². The first kappa shape index (κ1) is 11.9. The molecular weight excluding hydrogens is 230 g/mol. The van der Waals surface area contributed by atoms with E-state index < -0.39 is 0 Å². The molecule has 0 saturated heterocycles. The van der Waals surface area contributed by atoms with Gasteiger partial charge in [0.2, 0.25) is 0 Å². The normalized spacial score (nSPS) is 15.2. The summed E-state index contributed by atoms with van der Waals surface area (Å²) in [7, 11) is 0. The van der Waals surface area contributed by atoms with Gasteiger partial charge in [-0.3, -0.25) is 4.99 Å². The van der Waals surface area contributed by atoms with Crippen molar-refractivity contribution >= 4 is 23.6 Å². The van der Waals surface area contributed by atoms with E-state index in [0.29, 0.717) is 5.92 Å². The molecule has 0 aliphatic carbocycles. The summed E-state index contributed by atoms with van der Waals surface area (Å²) in [6, 6.07) is 17.0. The number of nitrogens with zero attached hydrogens (tertiary/aromatic N) is 1. The smallest absolute Gasteiger partial charge is 0.0708 e. The Labute approximate surface area is 114 Å². The summed E-state index contributed by atoms with van der Waals surface area (Å²) in [6.07, 6.45) is 4.14. The molecule has 0 spiro atoms. The lowest BCUT2D eigenvalue weighted by Gasteiger charge is -2.05. The number of allylic oxidation sites excluding steroid dienone is 1. The zero-order chi connectivity index (χ0) is 13.2. The molecule has 1 aliphatic heterocycles. The first-order valence-corrected chi connectivity index (χ1v) is 6.69. The van der Waals surface area contributed by atoms with Crippen LogP contribution >= 0.6 is 0 Å². The molecule has 0 aromatic heterocycles. The van der Waals surface area contributed by atoms with E-state index >= 15 is 0 Å². The molecule has 0 bridgehead atoms. The molecule has 1 heterocycles. The molecule has 0 saturated carbocycles. The van der Waals surface area contributed by atoms with Gasteiger partial charge in [0.15, 0.2) is 0 Å². The lowest BCUT2D eigenvalue weighted by atomic mass is 10.00. The first-order valence-electron chi connectivity index (χ1n) is 6.69. The van der Waals surface area contributed by atoms with Crippen LogP contribution in [0.15, 0.2) is 53.5 Å². The Balaban J connectivity index is 1.93. The molecule has 19 heavy (non-hydrogen) atoms. The van der Waals surface area contributed by atoms with Crippen LogP contribution in [0.4, 0.5) is 5.69 Å². The van der Waals surface area contributed by atoms with Gasteiger partial charge in [0.05, 0.1) is 5.69 Å². The zero-order valence-corrected chi connectivity index (χ0v) is 11.3. The van der Waals surface area contributed by atoms with Gasteiger partial charge in [-0.2, -0.15) is 0 Å². The quantitative estimate of drug-likeness (QED) is 0.702. The average molecular weight is 247 g/mol. The Hall–Kier alpha value is -2.15. The van der Waals surface area contributed by atoms with E-state index in [-0.39, 0.29) is 0 Å². The molecule has 2 aromatic rings. The van der Waals surface area contributed by atoms with E-state index in [4.69, 9.17) is 0 Å².